The molecular weight excluding hydrogens is 352 g/mol. The summed E-state index contributed by atoms with van der Waals surface area (Å²) in [5.41, 5.74) is 1.50. The van der Waals surface area contributed by atoms with Crippen LogP contribution in [0.5, 0.6) is 0 Å². The molecule has 0 radical (unpaired) electrons. The number of carbonyl (C=O) groups is 2. The molecule has 0 aromatic heterocycles. The summed E-state index contributed by atoms with van der Waals surface area (Å²) in [6.45, 7) is 5.49. The fraction of sp³-hybridized carbons (Fsp3) is 0.565. The molecule has 3 rings (SSSR count). The van der Waals surface area contributed by atoms with Crippen molar-refractivity contribution in [2.24, 2.45) is 5.41 Å². The molecular formula is C23H32N2O3. The largest absolute Gasteiger partial charge is 0.503 e. The summed E-state index contributed by atoms with van der Waals surface area (Å²) in [6.07, 6.45) is 5.16. The number of hydrogen-bond donors (Lipinski definition) is 1. The summed E-state index contributed by atoms with van der Waals surface area (Å²) < 4.78 is 0. The maximum Gasteiger partial charge on any atom is 0.290 e. The van der Waals surface area contributed by atoms with E-state index in [-0.39, 0.29) is 23.2 Å². The molecule has 1 saturated carbocycles. The van der Waals surface area contributed by atoms with E-state index >= 15 is 0 Å². The molecule has 1 aromatic rings. The molecule has 152 valence electrons. The summed E-state index contributed by atoms with van der Waals surface area (Å²) in [5, 5.41) is 10.7. The molecule has 1 N–H and O–H groups in total. The molecule has 28 heavy (non-hydrogen) atoms. The van der Waals surface area contributed by atoms with Crippen LogP contribution in [0.1, 0.15) is 64.5 Å². The lowest BCUT2D eigenvalue weighted by molar-refractivity contribution is -0.132. The van der Waals surface area contributed by atoms with Crippen LogP contribution in [0.4, 0.5) is 5.69 Å². The summed E-state index contributed by atoms with van der Waals surface area (Å²) in [7, 11) is 3.95. The zero-order valence-corrected chi connectivity index (χ0v) is 17.7. The number of aliphatic hydroxyl groups is 1. The normalized spacial score (nSPS) is 21.4. The molecule has 1 atom stereocenters. The van der Waals surface area contributed by atoms with Crippen LogP contribution in [-0.2, 0) is 9.59 Å². The van der Waals surface area contributed by atoms with Gasteiger partial charge in [0.1, 0.15) is 0 Å². The van der Waals surface area contributed by atoms with E-state index in [1.165, 1.54) is 6.42 Å². The molecule has 5 heteroatoms. The van der Waals surface area contributed by atoms with Crippen LogP contribution in [0.3, 0.4) is 0 Å². The van der Waals surface area contributed by atoms with Gasteiger partial charge in [-0.2, -0.15) is 0 Å². The van der Waals surface area contributed by atoms with Crippen molar-refractivity contribution in [3.8, 4) is 0 Å². The van der Waals surface area contributed by atoms with E-state index in [2.05, 4.69) is 0 Å². The molecule has 0 saturated heterocycles. The minimum atomic E-state index is -0.673. The van der Waals surface area contributed by atoms with Gasteiger partial charge < -0.3 is 14.9 Å². The fourth-order valence-electron chi connectivity index (χ4n) is 4.28. The first-order valence-electron chi connectivity index (χ1n) is 10.2. The van der Waals surface area contributed by atoms with Crippen molar-refractivity contribution < 1.29 is 14.7 Å². The number of carbonyl (C=O) groups excluding carboxylic acids is 2. The summed E-state index contributed by atoms with van der Waals surface area (Å²) >= 11 is 0. The SMILES string of the molecule is CN(C)c1ccc(C2C(C(=O)C(C)(C)C)=C(O)C(=O)N2C2CCCCC2)cc1. The van der Waals surface area contributed by atoms with E-state index < -0.39 is 17.4 Å². The highest BCUT2D eigenvalue weighted by molar-refractivity contribution is 6.10. The molecule has 5 nitrogen and oxygen atoms in total. The predicted octanol–water partition coefficient (Wildman–Crippen LogP) is 4.40. The lowest BCUT2D eigenvalue weighted by atomic mass is 9.81. The Kier molecular flexibility index (Phi) is 5.55. The van der Waals surface area contributed by atoms with E-state index in [1.54, 1.807) is 4.90 Å². The topological polar surface area (TPSA) is 60.9 Å². The van der Waals surface area contributed by atoms with E-state index in [0.717, 1.165) is 36.9 Å². The van der Waals surface area contributed by atoms with Gasteiger partial charge in [-0.25, -0.2) is 0 Å². The highest BCUT2D eigenvalue weighted by Crippen LogP contribution is 2.44. The number of aliphatic hydroxyl groups excluding tert-OH is 1. The first kappa shape index (κ1) is 20.4. The monoisotopic (exact) mass is 384 g/mol. The highest BCUT2D eigenvalue weighted by Gasteiger charge is 2.48. The van der Waals surface area contributed by atoms with E-state index in [0.29, 0.717) is 0 Å². The standard InChI is InChI=1S/C23H32N2O3/c1-23(2,3)21(27)18-19(15-11-13-16(14-12-15)24(4)5)25(22(28)20(18)26)17-9-7-6-8-10-17/h11-14,17,19,26H,6-10H2,1-5H3. The Bertz CT molecular complexity index is 781. The molecule has 0 spiro atoms. The molecule has 1 aliphatic carbocycles. The number of rotatable bonds is 4. The van der Waals surface area contributed by atoms with Crippen LogP contribution in [0, 0.1) is 5.41 Å². The van der Waals surface area contributed by atoms with Gasteiger partial charge in [0.2, 0.25) is 0 Å². The zero-order valence-electron chi connectivity index (χ0n) is 17.7. The summed E-state index contributed by atoms with van der Waals surface area (Å²) in [6, 6.07) is 7.47. The smallest absolute Gasteiger partial charge is 0.290 e. The van der Waals surface area contributed by atoms with E-state index in [1.807, 2.05) is 64.0 Å². The lowest BCUT2D eigenvalue weighted by Gasteiger charge is -2.37. The number of anilines is 1. The number of benzene rings is 1. The Hall–Kier alpha value is -2.30. The second-order valence-electron chi connectivity index (χ2n) is 9.23. The second-order valence-corrected chi connectivity index (χ2v) is 9.23. The number of nitrogens with zero attached hydrogens (tertiary/aromatic N) is 2. The Morgan fingerprint density at radius 3 is 2.14 bits per heavy atom. The summed E-state index contributed by atoms with van der Waals surface area (Å²) in [4.78, 5) is 30.1. The molecule has 1 aromatic carbocycles. The maximum absolute atomic E-state index is 13.2. The first-order valence-corrected chi connectivity index (χ1v) is 10.2. The van der Waals surface area contributed by atoms with Crippen molar-refractivity contribution >= 4 is 17.4 Å². The highest BCUT2D eigenvalue weighted by atomic mass is 16.3. The van der Waals surface area contributed by atoms with E-state index in [9.17, 15) is 14.7 Å². The quantitative estimate of drug-likeness (QED) is 0.836. The molecule has 2 aliphatic rings. The first-order chi connectivity index (χ1) is 13.1. The van der Waals surface area contributed by atoms with Crippen LogP contribution < -0.4 is 4.90 Å². The van der Waals surface area contributed by atoms with Gasteiger partial charge in [-0.05, 0) is 30.5 Å². The third-order valence-electron chi connectivity index (χ3n) is 5.86. The average molecular weight is 385 g/mol. The lowest BCUT2D eigenvalue weighted by Crippen LogP contribution is -2.41. The van der Waals surface area contributed by atoms with Gasteiger partial charge in [-0.15, -0.1) is 0 Å². The van der Waals surface area contributed by atoms with Gasteiger partial charge in [0.05, 0.1) is 11.6 Å². The molecule has 1 fully saturated rings. The van der Waals surface area contributed by atoms with Crippen molar-refractivity contribution in [1.82, 2.24) is 4.90 Å². The minimum Gasteiger partial charge on any atom is -0.503 e. The number of Topliss-reactive ketones (excluding diaryl/α,β-unsaturated/α-hetero) is 1. The van der Waals surface area contributed by atoms with Gasteiger partial charge in [0.15, 0.2) is 11.5 Å². The van der Waals surface area contributed by atoms with Gasteiger partial charge in [0.25, 0.3) is 5.91 Å². The third-order valence-corrected chi connectivity index (χ3v) is 5.86. The van der Waals surface area contributed by atoms with Crippen LogP contribution in [0.15, 0.2) is 35.6 Å². The molecule has 1 aliphatic heterocycles. The number of ketones is 1. The van der Waals surface area contributed by atoms with Crippen molar-refractivity contribution in [2.75, 3.05) is 19.0 Å². The molecule has 0 bridgehead atoms. The van der Waals surface area contributed by atoms with Gasteiger partial charge in [-0.3, -0.25) is 9.59 Å². The van der Waals surface area contributed by atoms with Gasteiger partial charge >= 0.3 is 0 Å². The Labute approximate surface area is 168 Å². The zero-order chi connectivity index (χ0) is 20.6. The van der Waals surface area contributed by atoms with Crippen LogP contribution in [0.25, 0.3) is 0 Å². The maximum atomic E-state index is 13.2. The van der Waals surface area contributed by atoms with Gasteiger partial charge in [-0.1, -0.05) is 52.2 Å². The van der Waals surface area contributed by atoms with Crippen LogP contribution in [0.2, 0.25) is 0 Å². The second kappa shape index (κ2) is 7.61. The Morgan fingerprint density at radius 1 is 1.07 bits per heavy atom. The van der Waals surface area contributed by atoms with Gasteiger partial charge in [0, 0.05) is 31.2 Å². The molecule has 1 unspecified atom stereocenters. The molecule has 1 heterocycles. The Morgan fingerprint density at radius 2 is 1.64 bits per heavy atom. The third kappa shape index (κ3) is 3.67. The number of hydrogen-bond acceptors (Lipinski definition) is 4. The fourth-order valence-corrected chi connectivity index (χ4v) is 4.28. The average Bonchev–Trinajstić information content (AvgIpc) is 2.92. The Balaban J connectivity index is 2.08. The number of amides is 1. The van der Waals surface area contributed by atoms with Crippen LogP contribution >= 0.6 is 0 Å². The van der Waals surface area contributed by atoms with Crippen LogP contribution in [-0.4, -0.2) is 41.8 Å². The predicted molar refractivity (Wildman–Crippen MR) is 111 cm³/mol. The van der Waals surface area contributed by atoms with Crippen molar-refractivity contribution in [3.63, 3.8) is 0 Å². The molecule has 1 amide bonds. The van der Waals surface area contributed by atoms with Crippen molar-refractivity contribution in [2.45, 2.75) is 65.0 Å². The van der Waals surface area contributed by atoms with Crippen molar-refractivity contribution in [3.05, 3.63) is 41.2 Å². The minimum absolute atomic E-state index is 0.0622. The van der Waals surface area contributed by atoms with E-state index in [4.69, 9.17) is 0 Å². The van der Waals surface area contributed by atoms with Crippen molar-refractivity contribution in [1.29, 1.82) is 0 Å². The summed E-state index contributed by atoms with van der Waals surface area (Å²) in [5.74, 6) is -0.938.